The second-order valence-electron chi connectivity index (χ2n) is 4.35. The molecule has 0 aliphatic rings. The largest absolute Gasteiger partial charge is 0.392 e. The Kier molecular flexibility index (Phi) is 4.12. The van der Waals surface area contributed by atoms with Gasteiger partial charge in [-0.3, -0.25) is 0 Å². The van der Waals surface area contributed by atoms with Gasteiger partial charge in [0.15, 0.2) is 0 Å². The molecule has 2 nitrogen and oxygen atoms in total. The smallest absolute Gasteiger partial charge is 0.128 e. The summed E-state index contributed by atoms with van der Waals surface area (Å²) in [7, 11) is 0. The van der Waals surface area contributed by atoms with Gasteiger partial charge in [0.05, 0.1) is 12.6 Å². The first-order chi connectivity index (χ1) is 9.11. The van der Waals surface area contributed by atoms with Crippen LogP contribution in [0, 0.1) is 11.6 Å². The molecule has 0 fully saturated rings. The highest BCUT2D eigenvalue weighted by Gasteiger charge is 2.13. The van der Waals surface area contributed by atoms with Crippen LogP contribution in [0.25, 0.3) is 0 Å². The van der Waals surface area contributed by atoms with E-state index in [1.807, 2.05) is 12.1 Å². The van der Waals surface area contributed by atoms with E-state index in [0.29, 0.717) is 11.3 Å². The lowest BCUT2D eigenvalue weighted by Crippen LogP contribution is -2.10. The monoisotopic (exact) mass is 263 g/mol. The van der Waals surface area contributed by atoms with Crippen molar-refractivity contribution in [3.05, 3.63) is 65.2 Å². The molecule has 19 heavy (non-hydrogen) atoms. The minimum Gasteiger partial charge on any atom is -0.392 e. The Balaban J connectivity index is 2.25. The van der Waals surface area contributed by atoms with Crippen molar-refractivity contribution in [1.82, 2.24) is 0 Å². The van der Waals surface area contributed by atoms with E-state index in [2.05, 4.69) is 5.32 Å². The van der Waals surface area contributed by atoms with Crippen LogP contribution in [0.4, 0.5) is 14.5 Å². The second-order valence-corrected chi connectivity index (χ2v) is 4.35. The van der Waals surface area contributed by atoms with E-state index in [1.165, 1.54) is 6.07 Å². The lowest BCUT2D eigenvalue weighted by molar-refractivity contribution is 0.282. The molecule has 2 aromatic rings. The van der Waals surface area contributed by atoms with E-state index in [0.717, 1.165) is 12.1 Å². The zero-order chi connectivity index (χ0) is 13.8. The highest BCUT2D eigenvalue weighted by Crippen LogP contribution is 2.24. The van der Waals surface area contributed by atoms with Crippen molar-refractivity contribution in [1.29, 1.82) is 0 Å². The van der Waals surface area contributed by atoms with Gasteiger partial charge in [-0.25, -0.2) is 8.78 Å². The fraction of sp³-hybridized carbons (Fsp3) is 0.200. The molecule has 0 radical (unpaired) electrons. The van der Waals surface area contributed by atoms with Crippen LogP contribution < -0.4 is 5.32 Å². The third kappa shape index (κ3) is 3.09. The maximum absolute atomic E-state index is 13.6. The number of aliphatic hydroxyl groups excluding tert-OH is 1. The van der Waals surface area contributed by atoms with Gasteiger partial charge < -0.3 is 10.4 Å². The van der Waals surface area contributed by atoms with E-state index in [4.69, 9.17) is 0 Å². The van der Waals surface area contributed by atoms with Gasteiger partial charge in [0.1, 0.15) is 11.6 Å². The molecule has 0 aromatic heterocycles. The molecule has 2 rings (SSSR count). The molecule has 1 unspecified atom stereocenters. The Morgan fingerprint density at radius 1 is 1.16 bits per heavy atom. The maximum Gasteiger partial charge on any atom is 0.128 e. The maximum atomic E-state index is 13.6. The first-order valence-corrected chi connectivity index (χ1v) is 6.02. The molecule has 0 spiro atoms. The van der Waals surface area contributed by atoms with Crippen LogP contribution in [0.2, 0.25) is 0 Å². The molecule has 0 saturated carbocycles. The number of aliphatic hydroxyl groups is 1. The molecule has 0 bridgehead atoms. The van der Waals surface area contributed by atoms with Crippen LogP contribution in [0.1, 0.15) is 24.1 Å². The van der Waals surface area contributed by atoms with Crippen molar-refractivity contribution in [2.24, 2.45) is 0 Å². The van der Waals surface area contributed by atoms with Crippen LogP contribution in [0.5, 0.6) is 0 Å². The van der Waals surface area contributed by atoms with Crippen LogP contribution in [0.15, 0.2) is 42.5 Å². The van der Waals surface area contributed by atoms with Gasteiger partial charge in [-0.05, 0) is 31.2 Å². The number of anilines is 1. The summed E-state index contributed by atoms with van der Waals surface area (Å²) in [6.45, 7) is 1.63. The topological polar surface area (TPSA) is 32.3 Å². The molecule has 4 heteroatoms. The van der Waals surface area contributed by atoms with Crippen molar-refractivity contribution in [2.45, 2.75) is 19.6 Å². The van der Waals surface area contributed by atoms with Crippen molar-refractivity contribution in [2.75, 3.05) is 5.32 Å². The summed E-state index contributed by atoms with van der Waals surface area (Å²) in [5.41, 5.74) is 1.68. The third-order valence-electron chi connectivity index (χ3n) is 2.98. The Bertz CT molecular complexity index is 572. The van der Waals surface area contributed by atoms with Gasteiger partial charge >= 0.3 is 0 Å². The van der Waals surface area contributed by atoms with Gasteiger partial charge in [-0.2, -0.15) is 0 Å². The summed E-state index contributed by atoms with van der Waals surface area (Å²) in [5.74, 6) is -0.927. The molecule has 2 aromatic carbocycles. The number of hydrogen-bond acceptors (Lipinski definition) is 2. The Morgan fingerprint density at radius 2 is 1.89 bits per heavy atom. The average Bonchev–Trinajstić information content (AvgIpc) is 2.42. The SMILES string of the molecule is CC(Nc1ccccc1CO)c1cc(F)ccc1F. The fourth-order valence-corrected chi connectivity index (χ4v) is 1.96. The van der Waals surface area contributed by atoms with Gasteiger partial charge in [0.25, 0.3) is 0 Å². The summed E-state index contributed by atoms with van der Waals surface area (Å²) < 4.78 is 26.8. The highest BCUT2D eigenvalue weighted by molar-refractivity contribution is 5.52. The summed E-state index contributed by atoms with van der Waals surface area (Å²) >= 11 is 0. The first kappa shape index (κ1) is 13.5. The summed E-state index contributed by atoms with van der Waals surface area (Å²) in [4.78, 5) is 0. The molecular formula is C15H15F2NO. The fourth-order valence-electron chi connectivity index (χ4n) is 1.96. The summed E-state index contributed by atoms with van der Waals surface area (Å²) in [6, 6.07) is 10.2. The van der Waals surface area contributed by atoms with Crippen LogP contribution in [0.3, 0.4) is 0 Å². The van der Waals surface area contributed by atoms with Crippen molar-refractivity contribution < 1.29 is 13.9 Å². The molecule has 0 amide bonds. The molecule has 0 aliphatic heterocycles. The summed E-state index contributed by atoms with van der Waals surface area (Å²) in [5, 5.41) is 12.3. The normalized spacial score (nSPS) is 12.2. The number of rotatable bonds is 4. The van der Waals surface area contributed by atoms with E-state index < -0.39 is 17.7 Å². The standard InChI is InChI=1S/C15H15F2NO/c1-10(13-8-12(16)6-7-14(13)17)18-15-5-3-2-4-11(15)9-19/h2-8,10,18-19H,9H2,1H3. The van der Waals surface area contributed by atoms with Gasteiger partial charge in [-0.15, -0.1) is 0 Å². The molecule has 0 aliphatic carbocycles. The van der Waals surface area contributed by atoms with Crippen molar-refractivity contribution >= 4 is 5.69 Å². The lowest BCUT2D eigenvalue weighted by atomic mass is 10.1. The second kappa shape index (κ2) is 5.80. The first-order valence-electron chi connectivity index (χ1n) is 6.02. The third-order valence-corrected chi connectivity index (χ3v) is 2.98. The van der Waals surface area contributed by atoms with E-state index in [-0.39, 0.29) is 12.2 Å². The van der Waals surface area contributed by atoms with Crippen molar-refractivity contribution in [3.63, 3.8) is 0 Å². The minimum atomic E-state index is -0.472. The predicted molar refractivity (Wildman–Crippen MR) is 70.8 cm³/mol. The molecule has 1 atom stereocenters. The van der Waals surface area contributed by atoms with E-state index in [9.17, 15) is 13.9 Å². The number of hydrogen-bond donors (Lipinski definition) is 2. The molecule has 2 N–H and O–H groups in total. The molecule has 100 valence electrons. The zero-order valence-electron chi connectivity index (χ0n) is 10.5. The lowest BCUT2D eigenvalue weighted by Gasteiger charge is -2.18. The van der Waals surface area contributed by atoms with Gasteiger partial charge in [0.2, 0.25) is 0 Å². The number of benzene rings is 2. The number of nitrogens with one attached hydrogen (secondary N) is 1. The van der Waals surface area contributed by atoms with Gasteiger partial charge in [-0.1, -0.05) is 18.2 Å². The van der Waals surface area contributed by atoms with E-state index >= 15 is 0 Å². The summed E-state index contributed by atoms with van der Waals surface area (Å²) in [6.07, 6.45) is 0. The zero-order valence-corrected chi connectivity index (χ0v) is 10.5. The van der Waals surface area contributed by atoms with Gasteiger partial charge in [0, 0.05) is 16.8 Å². The minimum absolute atomic E-state index is 0.110. The predicted octanol–water partition coefficient (Wildman–Crippen LogP) is 3.63. The molecule has 0 heterocycles. The number of halogens is 2. The van der Waals surface area contributed by atoms with Crippen LogP contribution >= 0.6 is 0 Å². The Labute approximate surface area is 110 Å². The Morgan fingerprint density at radius 3 is 2.63 bits per heavy atom. The molecule has 0 saturated heterocycles. The van der Waals surface area contributed by atoms with Crippen LogP contribution in [-0.4, -0.2) is 5.11 Å². The quantitative estimate of drug-likeness (QED) is 0.882. The molecular weight excluding hydrogens is 248 g/mol. The Hall–Kier alpha value is -1.94. The number of para-hydroxylation sites is 1. The van der Waals surface area contributed by atoms with Crippen LogP contribution in [-0.2, 0) is 6.61 Å². The van der Waals surface area contributed by atoms with E-state index in [1.54, 1.807) is 19.1 Å². The average molecular weight is 263 g/mol. The van der Waals surface area contributed by atoms with Crippen molar-refractivity contribution in [3.8, 4) is 0 Å². The highest BCUT2D eigenvalue weighted by atomic mass is 19.1.